The van der Waals surface area contributed by atoms with Gasteiger partial charge in [-0.1, -0.05) is 45.2 Å². The Morgan fingerprint density at radius 2 is 1.79 bits per heavy atom. The molecule has 132 valence electrons. The van der Waals surface area contributed by atoms with Crippen LogP contribution in [-0.4, -0.2) is 33.8 Å². The smallest absolute Gasteiger partial charge is 0.412 e. The van der Waals surface area contributed by atoms with Crippen LogP contribution in [0.3, 0.4) is 0 Å². The summed E-state index contributed by atoms with van der Waals surface area (Å²) in [5.74, 6) is 0.886. The highest BCUT2D eigenvalue weighted by molar-refractivity contribution is 6.88. The minimum atomic E-state index is -2.32. The van der Waals surface area contributed by atoms with Crippen LogP contribution in [0.1, 0.15) is 12.5 Å². The second-order valence-electron chi connectivity index (χ2n) is 7.41. The van der Waals surface area contributed by atoms with E-state index >= 15 is 0 Å². The molecule has 0 radical (unpaired) electrons. The number of nitrogens with zero attached hydrogens (tertiary/aromatic N) is 1. The van der Waals surface area contributed by atoms with E-state index in [0.717, 1.165) is 0 Å². The maximum Gasteiger partial charge on any atom is 0.412 e. The molecule has 1 heterocycles. The summed E-state index contributed by atoms with van der Waals surface area (Å²) < 4.78 is 34.1. The van der Waals surface area contributed by atoms with Crippen molar-refractivity contribution in [1.29, 1.82) is 0 Å². The number of nitrogens with one attached hydrogen (secondary N) is 1. The quantitative estimate of drug-likeness (QED) is 0.501. The molecule has 0 aromatic carbocycles. The molecule has 4 nitrogen and oxygen atoms in total. The van der Waals surface area contributed by atoms with E-state index in [9.17, 15) is 13.6 Å². The Hall–Kier alpha value is -1.73. The van der Waals surface area contributed by atoms with Crippen molar-refractivity contribution >= 4 is 33.2 Å². The van der Waals surface area contributed by atoms with Gasteiger partial charge in [0.25, 0.3) is 0 Å². The molecule has 0 unspecified atom stereocenters. The number of ether oxygens (including phenoxy) is 1. The first-order chi connectivity index (χ1) is 10.9. The van der Waals surface area contributed by atoms with E-state index in [2.05, 4.69) is 21.8 Å². The Labute approximate surface area is 144 Å². The zero-order chi connectivity index (χ0) is 18.7. The van der Waals surface area contributed by atoms with Gasteiger partial charge in [-0.15, -0.1) is 5.54 Å². The topological polar surface area (TPSA) is 51.2 Å². The third kappa shape index (κ3) is 5.42. The van der Waals surface area contributed by atoms with Crippen molar-refractivity contribution in [2.45, 2.75) is 46.2 Å². The van der Waals surface area contributed by atoms with Gasteiger partial charge < -0.3 is 4.74 Å². The van der Waals surface area contributed by atoms with E-state index in [1.807, 2.05) is 39.3 Å². The molecule has 0 spiro atoms. The normalized spacial score (nSPS) is 11.5. The fourth-order valence-corrected chi connectivity index (χ4v) is 3.84. The van der Waals surface area contributed by atoms with Gasteiger partial charge in [0.05, 0.1) is 14.7 Å². The number of aromatic nitrogens is 1. The predicted octanol–water partition coefficient (Wildman–Crippen LogP) is 3.70. The zero-order valence-corrected chi connectivity index (χ0v) is 17.2. The van der Waals surface area contributed by atoms with Crippen LogP contribution in [-0.2, 0) is 4.74 Å². The molecular formula is C16H24F2N2O2Si2. The van der Waals surface area contributed by atoms with E-state index in [-0.39, 0.29) is 23.2 Å². The molecular weight excluding hydrogens is 346 g/mol. The van der Waals surface area contributed by atoms with Crippen molar-refractivity contribution < 1.29 is 18.3 Å². The Balaban J connectivity index is 3.57. The lowest BCUT2D eigenvalue weighted by Crippen LogP contribution is -2.44. The SMILES string of the molecule is CCOC(=O)Nc1nc(F)c([Si](C)(C)C)c(F)c1C#C[Si](C)(C)C. The third-order valence-electron chi connectivity index (χ3n) is 2.90. The summed E-state index contributed by atoms with van der Waals surface area (Å²) >= 11 is 0. The minimum Gasteiger partial charge on any atom is -0.450 e. The van der Waals surface area contributed by atoms with Crippen LogP contribution in [0, 0.1) is 23.2 Å². The zero-order valence-electron chi connectivity index (χ0n) is 15.2. The maximum absolute atomic E-state index is 15.0. The van der Waals surface area contributed by atoms with Gasteiger partial charge in [-0.3, -0.25) is 5.32 Å². The molecule has 0 fully saturated rings. The molecule has 0 saturated heterocycles. The second kappa shape index (κ2) is 7.44. The van der Waals surface area contributed by atoms with Crippen LogP contribution in [0.2, 0.25) is 39.3 Å². The lowest BCUT2D eigenvalue weighted by molar-refractivity contribution is 0.168. The van der Waals surface area contributed by atoms with Crippen molar-refractivity contribution in [3.63, 3.8) is 0 Å². The van der Waals surface area contributed by atoms with Gasteiger partial charge >= 0.3 is 6.09 Å². The van der Waals surface area contributed by atoms with Crippen LogP contribution in [0.25, 0.3) is 0 Å². The predicted molar refractivity (Wildman–Crippen MR) is 98.0 cm³/mol. The molecule has 0 aliphatic carbocycles. The van der Waals surface area contributed by atoms with E-state index in [1.165, 1.54) is 0 Å². The van der Waals surface area contributed by atoms with Crippen LogP contribution in [0.15, 0.2) is 0 Å². The monoisotopic (exact) mass is 370 g/mol. The molecule has 0 aliphatic rings. The molecule has 0 aliphatic heterocycles. The highest BCUT2D eigenvalue weighted by atomic mass is 28.3. The number of rotatable bonds is 3. The first-order valence-corrected chi connectivity index (χ1v) is 14.7. The molecule has 1 rings (SSSR count). The first-order valence-electron chi connectivity index (χ1n) is 7.73. The summed E-state index contributed by atoms with van der Waals surface area (Å²) in [7, 11) is -4.12. The van der Waals surface area contributed by atoms with Gasteiger partial charge in [-0.05, 0) is 6.92 Å². The van der Waals surface area contributed by atoms with Crippen molar-refractivity contribution in [2.24, 2.45) is 0 Å². The summed E-state index contributed by atoms with van der Waals surface area (Å²) in [6, 6.07) is 0. The Morgan fingerprint density at radius 1 is 1.21 bits per heavy atom. The van der Waals surface area contributed by atoms with Crippen LogP contribution in [0.5, 0.6) is 0 Å². The molecule has 1 aromatic rings. The molecule has 0 saturated carbocycles. The number of amides is 1. The molecule has 1 amide bonds. The molecule has 8 heteroatoms. The number of hydrogen-bond donors (Lipinski definition) is 1. The number of anilines is 1. The van der Waals surface area contributed by atoms with Gasteiger partial charge in [0.1, 0.15) is 19.5 Å². The fourth-order valence-electron chi connectivity index (χ4n) is 1.89. The lowest BCUT2D eigenvalue weighted by Gasteiger charge is -2.20. The van der Waals surface area contributed by atoms with Crippen molar-refractivity contribution in [2.75, 3.05) is 11.9 Å². The minimum absolute atomic E-state index is 0.0169. The number of pyridine rings is 1. The Morgan fingerprint density at radius 3 is 2.25 bits per heavy atom. The molecule has 0 bridgehead atoms. The lowest BCUT2D eigenvalue weighted by atomic mass is 10.2. The third-order valence-corrected chi connectivity index (χ3v) is 5.70. The van der Waals surface area contributed by atoms with Gasteiger partial charge in [-0.25, -0.2) is 14.2 Å². The van der Waals surface area contributed by atoms with Gasteiger partial charge in [-0.2, -0.15) is 4.39 Å². The van der Waals surface area contributed by atoms with Crippen molar-refractivity contribution in [3.8, 4) is 11.5 Å². The second-order valence-corrected chi connectivity index (χ2v) is 17.2. The van der Waals surface area contributed by atoms with Crippen LogP contribution < -0.4 is 10.5 Å². The standard InChI is InChI=1S/C16H24F2N2O2Si2/c1-8-22-16(21)20-15-11(9-10-23(2,3)4)12(17)13(14(18)19-15)24(5,6)7/h8H2,1-7H3,(H,19,20,21). The number of hydrogen-bond acceptors (Lipinski definition) is 3. The summed E-state index contributed by atoms with van der Waals surface area (Å²) in [5.41, 5.74) is 2.95. The van der Waals surface area contributed by atoms with Crippen LogP contribution >= 0.6 is 0 Å². The summed E-state index contributed by atoms with van der Waals surface area (Å²) in [6.45, 7) is 13.3. The van der Waals surface area contributed by atoms with E-state index in [4.69, 9.17) is 4.74 Å². The molecule has 0 atom stereocenters. The van der Waals surface area contributed by atoms with E-state index < -0.39 is 34.0 Å². The molecule has 1 N–H and O–H groups in total. The van der Waals surface area contributed by atoms with Gasteiger partial charge in [0.15, 0.2) is 5.82 Å². The summed E-state index contributed by atoms with van der Waals surface area (Å²) in [4.78, 5) is 15.4. The molecule has 1 aromatic heterocycles. The molecule has 24 heavy (non-hydrogen) atoms. The highest BCUT2D eigenvalue weighted by Crippen LogP contribution is 2.19. The Kier molecular flexibility index (Phi) is 6.30. The number of halogens is 2. The summed E-state index contributed by atoms with van der Waals surface area (Å²) in [6.07, 6.45) is -0.819. The maximum atomic E-state index is 15.0. The average molecular weight is 371 g/mol. The average Bonchev–Trinajstić information content (AvgIpc) is 2.34. The summed E-state index contributed by atoms with van der Waals surface area (Å²) in [5, 5.41) is 2.27. The van der Waals surface area contributed by atoms with Crippen molar-refractivity contribution in [3.05, 3.63) is 17.3 Å². The van der Waals surface area contributed by atoms with Crippen molar-refractivity contribution in [1.82, 2.24) is 4.98 Å². The van der Waals surface area contributed by atoms with E-state index in [0.29, 0.717) is 0 Å². The highest BCUT2D eigenvalue weighted by Gasteiger charge is 2.30. The fraction of sp³-hybridized carbons (Fsp3) is 0.500. The van der Waals surface area contributed by atoms with E-state index in [1.54, 1.807) is 6.92 Å². The van der Waals surface area contributed by atoms with Crippen LogP contribution in [0.4, 0.5) is 19.4 Å². The number of carbonyl (C=O) groups excluding carboxylic acids is 1. The largest absolute Gasteiger partial charge is 0.450 e. The first kappa shape index (κ1) is 20.3. The van der Waals surface area contributed by atoms with Gasteiger partial charge in [0.2, 0.25) is 5.95 Å². The van der Waals surface area contributed by atoms with Gasteiger partial charge in [0, 0.05) is 5.19 Å². The Bertz CT molecular complexity index is 699. The number of carbonyl (C=O) groups is 1.